The average Bonchev–Trinajstić information content (AvgIpc) is 2.41. The zero-order valence-corrected chi connectivity index (χ0v) is 11.3. The van der Waals surface area contributed by atoms with Crippen molar-refractivity contribution in [2.24, 2.45) is 0 Å². The molecule has 18 heavy (non-hydrogen) atoms. The number of ether oxygens (including phenoxy) is 1. The summed E-state index contributed by atoms with van der Waals surface area (Å²) < 4.78 is 5.44. The standard InChI is InChI=1S/C13H25N3O2/c1-14-9-12-10-18-8-7-16(12)13(17)15-11-5-3-2-4-6-11/h11-12,14H,2-10H2,1H3,(H,15,17). The Balaban J connectivity index is 1.84. The van der Waals surface area contributed by atoms with Crippen LogP contribution in [0.1, 0.15) is 32.1 Å². The molecule has 5 heteroatoms. The van der Waals surface area contributed by atoms with Crippen LogP contribution < -0.4 is 10.6 Å². The summed E-state index contributed by atoms with van der Waals surface area (Å²) in [6.45, 7) is 2.78. The molecule has 0 bridgehead atoms. The Labute approximate surface area is 109 Å². The highest BCUT2D eigenvalue weighted by molar-refractivity contribution is 5.75. The van der Waals surface area contributed by atoms with Gasteiger partial charge in [-0.25, -0.2) is 4.79 Å². The van der Waals surface area contributed by atoms with Gasteiger partial charge in [-0.2, -0.15) is 0 Å². The molecule has 1 heterocycles. The van der Waals surface area contributed by atoms with Crippen molar-refractivity contribution >= 4 is 6.03 Å². The van der Waals surface area contributed by atoms with Crippen LogP contribution in [0.15, 0.2) is 0 Å². The predicted molar refractivity (Wildman–Crippen MR) is 70.6 cm³/mol. The van der Waals surface area contributed by atoms with Gasteiger partial charge >= 0.3 is 6.03 Å². The van der Waals surface area contributed by atoms with Crippen LogP contribution in [0.4, 0.5) is 4.79 Å². The molecule has 1 aliphatic carbocycles. The van der Waals surface area contributed by atoms with Crippen LogP contribution in [0.3, 0.4) is 0 Å². The lowest BCUT2D eigenvalue weighted by atomic mass is 9.96. The maximum atomic E-state index is 12.3. The van der Waals surface area contributed by atoms with Gasteiger partial charge in [-0.15, -0.1) is 0 Å². The molecule has 5 nitrogen and oxygen atoms in total. The summed E-state index contributed by atoms with van der Waals surface area (Å²) in [6, 6.07) is 0.627. The third-order valence-electron chi connectivity index (χ3n) is 3.86. The fourth-order valence-electron chi connectivity index (χ4n) is 2.83. The summed E-state index contributed by atoms with van der Waals surface area (Å²) in [5.74, 6) is 0. The molecule has 2 rings (SSSR count). The maximum absolute atomic E-state index is 12.3. The zero-order valence-electron chi connectivity index (χ0n) is 11.3. The second-order valence-electron chi connectivity index (χ2n) is 5.26. The SMILES string of the molecule is CNCC1COCCN1C(=O)NC1CCCCC1. The maximum Gasteiger partial charge on any atom is 0.318 e. The number of morpholine rings is 1. The molecule has 0 spiro atoms. The first kappa shape index (κ1) is 13.6. The van der Waals surface area contributed by atoms with Crippen LogP contribution in [-0.4, -0.2) is 56.4 Å². The van der Waals surface area contributed by atoms with Gasteiger partial charge in [0.2, 0.25) is 0 Å². The van der Waals surface area contributed by atoms with Crippen molar-refractivity contribution < 1.29 is 9.53 Å². The van der Waals surface area contributed by atoms with E-state index in [4.69, 9.17) is 4.74 Å². The third-order valence-corrected chi connectivity index (χ3v) is 3.86. The average molecular weight is 255 g/mol. The van der Waals surface area contributed by atoms with Crippen LogP contribution in [0.2, 0.25) is 0 Å². The Morgan fingerprint density at radius 2 is 2.11 bits per heavy atom. The van der Waals surface area contributed by atoms with E-state index in [-0.39, 0.29) is 12.1 Å². The number of rotatable bonds is 3. The Hall–Kier alpha value is -0.810. The van der Waals surface area contributed by atoms with Crippen molar-refractivity contribution in [3.8, 4) is 0 Å². The monoisotopic (exact) mass is 255 g/mol. The van der Waals surface area contributed by atoms with E-state index in [1.165, 1.54) is 19.3 Å². The lowest BCUT2D eigenvalue weighted by molar-refractivity contribution is 0.0126. The molecular formula is C13H25N3O2. The van der Waals surface area contributed by atoms with E-state index in [1.54, 1.807) is 0 Å². The molecule has 2 fully saturated rings. The van der Waals surface area contributed by atoms with Crippen molar-refractivity contribution in [1.82, 2.24) is 15.5 Å². The molecule has 2 amide bonds. The van der Waals surface area contributed by atoms with Crippen molar-refractivity contribution in [3.63, 3.8) is 0 Å². The fraction of sp³-hybridized carbons (Fsp3) is 0.923. The summed E-state index contributed by atoms with van der Waals surface area (Å²) in [5, 5.41) is 6.30. The van der Waals surface area contributed by atoms with E-state index >= 15 is 0 Å². The molecule has 1 unspecified atom stereocenters. The normalized spacial score (nSPS) is 26.1. The molecule has 1 saturated heterocycles. The van der Waals surface area contributed by atoms with Gasteiger partial charge in [0.05, 0.1) is 19.3 Å². The number of nitrogens with one attached hydrogen (secondary N) is 2. The van der Waals surface area contributed by atoms with Gasteiger partial charge in [-0.1, -0.05) is 19.3 Å². The van der Waals surface area contributed by atoms with Gasteiger partial charge in [0.25, 0.3) is 0 Å². The second kappa shape index (κ2) is 6.95. The van der Waals surface area contributed by atoms with Crippen LogP contribution in [0.25, 0.3) is 0 Å². The Kier molecular flexibility index (Phi) is 5.26. The number of carbonyl (C=O) groups is 1. The van der Waals surface area contributed by atoms with Crippen LogP contribution in [-0.2, 0) is 4.74 Å². The molecule has 2 N–H and O–H groups in total. The summed E-state index contributed by atoms with van der Waals surface area (Å²) in [5.41, 5.74) is 0. The zero-order chi connectivity index (χ0) is 12.8. The van der Waals surface area contributed by atoms with Crippen LogP contribution >= 0.6 is 0 Å². The van der Waals surface area contributed by atoms with Gasteiger partial charge in [0.1, 0.15) is 0 Å². The van der Waals surface area contributed by atoms with E-state index in [1.807, 2.05) is 11.9 Å². The predicted octanol–water partition coefficient (Wildman–Crippen LogP) is 0.949. The first-order valence-corrected chi connectivity index (χ1v) is 7.10. The highest BCUT2D eigenvalue weighted by atomic mass is 16.5. The van der Waals surface area contributed by atoms with Gasteiger partial charge in [0, 0.05) is 19.1 Å². The molecule has 0 radical (unpaired) electrons. The fourth-order valence-corrected chi connectivity index (χ4v) is 2.83. The molecular weight excluding hydrogens is 230 g/mol. The Morgan fingerprint density at radius 1 is 1.33 bits per heavy atom. The number of hydrogen-bond acceptors (Lipinski definition) is 3. The summed E-state index contributed by atoms with van der Waals surface area (Å²) in [7, 11) is 1.91. The van der Waals surface area contributed by atoms with E-state index in [2.05, 4.69) is 10.6 Å². The first-order valence-electron chi connectivity index (χ1n) is 7.10. The summed E-state index contributed by atoms with van der Waals surface area (Å²) >= 11 is 0. The van der Waals surface area contributed by atoms with Crippen molar-refractivity contribution in [2.75, 3.05) is 33.4 Å². The molecule has 0 aromatic rings. The number of carbonyl (C=O) groups excluding carboxylic acids is 1. The number of likely N-dealkylation sites (N-methyl/N-ethyl adjacent to an activating group) is 1. The largest absolute Gasteiger partial charge is 0.377 e. The van der Waals surface area contributed by atoms with E-state index in [0.29, 0.717) is 25.8 Å². The van der Waals surface area contributed by atoms with Gasteiger partial charge in [0.15, 0.2) is 0 Å². The third kappa shape index (κ3) is 3.59. The number of urea groups is 1. The molecule has 0 aromatic carbocycles. The van der Waals surface area contributed by atoms with Gasteiger partial charge < -0.3 is 20.3 Å². The Bertz CT molecular complexity index is 265. The minimum atomic E-state index is 0.0884. The smallest absolute Gasteiger partial charge is 0.318 e. The van der Waals surface area contributed by atoms with Crippen molar-refractivity contribution in [2.45, 2.75) is 44.2 Å². The molecule has 2 aliphatic rings. The molecule has 104 valence electrons. The number of nitrogens with zero attached hydrogens (tertiary/aromatic N) is 1. The minimum Gasteiger partial charge on any atom is -0.377 e. The minimum absolute atomic E-state index is 0.0884. The van der Waals surface area contributed by atoms with E-state index in [9.17, 15) is 4.79 Å². The van der Waals surface area contributed by atoms with Crippen LogP contribution in [0.5, 0.6) is 0 Å². The second-order valence-corrected chi connectivity index (χ2v) is 5.26. The quantitative estimate of drug-likeness (QED) is 0.789. The first-order chi connectivity index (χ1) is 8.81. The molecule has 1 saturated carbocycles. The number of hydrogen-bond donors (Lipinski definition) is 2. The highest BCUT2D eigenvalue weighted by Crippen LogP contribution is 2.18. The molecule has 1 atom stereocenters. The Morgan fingerprint density at radius 3 is 2.83 bits per heavy atom. The van der Waals surface area contributed by atoms with Crippen LogP contribution in [0, 0.1) is 0 Å². The lowest BCUT2D eigenvalue weighted by Crippen LogP contribution is -2.57. The van der Waals surface area contributed by atoms with Crippen molar-refractivity contribution in [1.29, 1.82) is 0 Å². The highest BCUT2D eigenvalue weighted by Gasteiger charge is 2.28. The van der Waals surface area contributed by atoms with Gasteiger partial charge in [-0.3, -0.25) is 0 Å². The van der Waals surface area contributed by atoms with Gasteiger partial charge in [-0.05, 0) is 19.9 Å². The molecule has 1 aliphatic heterocycles. The molecule has 0 aromatic heterocycles. The van der Waals surface area contributed by atoms with Crippen molar-refractivity contribution in [3.05, 3.63) is 0 Å². The number of amides is 2. The lowest BCUT2D eigenvalue weighted by Gasteiger charge is -2.37. The van der Waals surface area contributed by atoms with E-state index < -0.39 is 0 Å². The summed E-state index contributed by atoms with van der Waals surface area (Å²) in [4.78, 5) is 14.2. The topological polar surface area (TPSA) is 53.6 Å². The van der Waals surface area contributed by atoms with E-state index in [0.717, 1.165) is 19.4 Å². The summed E-state index contributed by atoms with van der Waals surface area (Å²) in [6.07, 6.45) is 6.06.